The Balaban J connectivity index is 1.24. The minimum absolute atomic E-state index is 0.406. The molecule has 5 heteroatoms. The molecule has 0 N–H and O–H groups in total. The van der Waals surface area contributed by atoms with E-state index in [1.165, 1.54) is 0 Å². The van der Waals surface area contributed by atoms with Crippen LogP contribution in [0.15, 0.2) is 53.1 Å². The molecule has 4 rings (SSSR count). The molecular formula is C24H26ClNO3. The summed E-state index contributed by atoms with van der Waals surface area (Å²) in [5, 5.41) is 1.79. The lowest BCUT2D eigenvalue weighted by Gasteiger charge is -2.25. The Morgan fingerprint density at radius 1 is 1.00 bits per heavy atom. The van der Waals surface area contributed by atoms with E-state index in [4.69, 9.17) is 20.8 Å². The highest BCUT2D eigenvalue weighted by molar-refractivity contribution is 6.30. The van der Waals surface area contributed by atoms with Crippen molar-refractivity contribution < 1.29 is 13.9 Å². The van der Waals surface area contributed by atoms with Crippen LogP contribution in [0.25, 0.3) is 22.1 Å². The van der Waals surface area contributed by atoms with Crippen molar-refractivity contribution in [3.05, 3.63) is 53.8 Å². The molecule has 1 fully saturated rings. The van der Waals surface area contributed by atoms with Gasteiger partial charge in [0.05, 0.1) is 12.9 Å². The largest absolute Gasteiger partial charge is 0.493 e. The standard InChI is InChI=1S/C24H26ClNO3/c25-19-6-4-18(5-7-19)23-17-29-24-16-21(8-9-22(23)24)28-15-3-1-2-12-26-13-10-20(27)11-14-26/h4-9,16-17H,1-3,10-15H2. The molecule has 152 valence electrons. The van der Waals surface area contributed by atoms with Gasteiger partial charge in [-0.1, -0.05) is 23.7 Å². The Hall–Kier alpha value is -2.30. The summed E-state index contributed by atoms with van der Waals surface area (Å²) in [5.41, 5.74) is 2.97. The van der Waals surface area contributed by atoms with Crippen LogP contribution in [0.4, 0.5) is 0 Å². The summed E-state index contributed by atoms with van der Waals surface area (Å²) < 4.78 is 11.7. The first-order valence-corrected chi connectivity index (χ1v) is 10.7. The number of halogens is 1. The molecular weight excluding hydrogens is 386 g/mol. The number of unbranched alkanes of at least 4 members (excludes halogenated alkanes) is 2. The molecule has 0 atom stereocenters. The van der Waals surface area contributed by atoms with E-state index < -0.39 is 0 Å². The van der Waals surface area contributed by atoms with Crippen LogP contribution in [0.5, 0.6) is 5.75 Å². The lowest BCUT2D eigenvalue weighted by molar-refractivity contribution is -0.121. The first-order valence-electron chi connectivity index (χ1n) is 10.3. The Morgan fingerprint density at radius 2 is 1.79 bits per heavy atom. The van der Waals surface area contributed by atoms with Gasteiger partial charge in [0, 0.05) is 48.0 Å². The minimum Gasteiger partial charge on any atom is -0.493 e. The van der Waals surface area contributed by atoms with Crippen molar-refractivity contribution in [1.29, 1.82) is 0 Å². The number of carbonyl (C=O) groups excluding carboxylic acids is 1. The van der Waals surface area contributed by atoms with E-state index >= 15 is 0 Å². The van der Waals surface area contributed by atoms with Crippen LogP contribution in [0.1, 0.15) is 32.1 Å². The SMILES string of the molecule is O=C1CCN(CCCCCOc2ccc3c(-c4ccc(Cl)cc4)coc3c2)CC1. The average molecular weight is 412 g/mol. The molecule has 1 aliphatic heterocycles. The van der Waals surface area contributed by atoms with Gasteiger partial charge < -0.3 is 14.1 Å². The smallest absolute Gasteiger partial charge is 0.138 e. The number of hydrogen-bond acceptors (Lipinski definition) is 4. The van der Waals surface area contributed by atoms with Crippen LogP contribution < -0.4 is 4.74 Å². The molecule has 29 heavy (non-hydrogen) atoms. The lowest BCUT2D eigenvalue weighted by atomic mass is 10.0. The van der Waals surface area contributed by atoms with Crippen LogP contribution in [-0.4, -0.2) is 36.9 Å². The summed E-state index contributed by atoms with van der Waals surface area (Å²) in [7, 11) is 0. The van der Waals surface area contributed by atoms with Gasteiger partial charge in [-0.05, 0) is 55.6 Å². The second-order valence-electron chi connectivity index (χ2n) is 7.60. The molecule has 1 aromatic heterocycles. The number of ketones is 1. The van der Waals surface area contributed by atoms with E-state index in [0.717, 1.165) is 84.6 Å². The number of likely N-dealkylation sites (tertiary alicyclic amines) is 1. The number of hydrogen-bond donors (Lipinski definition) is 0. The van der Waals surface area contributed by atoms with Crippen LogP contribution >= 0.6 is 11.6 Å². The molecule has 2 heterocycles. The third-order valence-corrected chi connectivity index (χ3v) is 5.76. The van der Waals surface area contributed by atoms with Gasteiger partial charge in [0.15, 0.2) is 0 Å². The van der Waals surface area contributed by atoms with E-state index in [0.29, 0.717) is 12.4 Å². The van der Waals surface area contributed by atoms with Gasteiger partial charge in [-0.2, -0.15) is 0 Å². The van der Waals surface area contributed by atoms with Gasteiger partial charge in [-0.15, -0.1) is 0 Å². The van der Waals surface area contributed by atoms with Crippen molar-refractivity contribution in [3.8, 4) is 16.9 Å². The minimum atomic E-state index is 0.406. The number of carbonyl (C=O) groups is 1. The summed E-state index contributed by atoms with van der Waals surface area (Å²) in [4.78, 5) is 13.7. The molecule has 4 nitrogen and oxygen atoms in total. The third kappa shape index (κ3) is 5.20. The molecule has 0 amide bonds. The van der Waals surface area contributed by atoms with E-state index in [1.807, 2.05) is 36.4 Å². The van der Waals surface area contributed by atoms with E-state index in [1.54, 1.807) is 6.26 Å². The number of rotatable bonds is 8. The molecule has 0 aliphatic carbocycles. The number of fused-ring (bicyclic) bond motifs is 1. The normalized spacial score (nSPS) is 15.1. The zero-order valence-electron chi connectivity index (χ0n) is 16.5. The fraction of sp³-hybridized carbons (Fsp3) is 0.375. The van der Waals surface area contributed by atoms with Gasteiger partial charge >= 0.3 is 0 Å². The lowest BCUT2D eigenvalue weighted by Crippen LogP contribution is -2.34. The summed E-state index contributed by atoms with van der Waals surface area (Å²) in [5.74, 6) is 1.24. The van der Waals surface area contributed by atoms with Gasteiger partial charge in [0.1, 0.15) is 17.1 Å². The van der Waals surface area contributed by atoms with E-state index in [2.05, 4.69) is 11.0 Å². The topological polar surface area (TPSA) is 42.7 Å². The average Bonchev–Trinajstić information content (AvgIpc) is 3.16. The maximum atomic E-state index is 11.3. The molecule has 1 saturated heterocycles. The van der Waals surface area contributed by atoms with Crippen LogP contribution in [0, 0.1) is 0 Å². The van der Waals surface area contributed by atoms with Crippen molar-refractivity contribution >= 4 is 28.4 Å². The first-order chi connectivity index (χ1) is 14.2. The third-order valence-electron chi connectivity index (χ3n) is 5.50. The zero-order chi connectivity index (χ0) is 20.1. The molecule has 0 unspecified atom stereocenters. The summed E-state index contributed by atoms with van der Waals surface area (Å²) in [6.45, 7) is 3.64. The molecule has 0 saturated carbocycles. The Kier molecular flexibility index (Phi) is 6.53. The fourth-order valence-corrected chi connectivity index (χ4v) is 3.91. The van der Waals surface area contributed by atoms with Gasteiger partial charge in [0.2, 0.25) is 0 Å². The highest BCUT2D eigenvalue weighted by atomic mass is 35.5. The summed E-state index contributed by atoms with van der Waals surface area (Å²) in [6, 6.07) is 13.8. The number of furan rings is 1. The van der Waals surface area contributed by atoms with E-state index in [-0.39, 0.29) is 0 Å². The first kappa shape index (κ1) is 20.0. The number of ether oxygens (including phenoxy) is 1. The van der Waals surface area contributed by atoms with Gasteiger partial charge in [0.25, 0.3) is 0 Å². The number of benzene rings is 2. The van der Waals surface area contributed by atoms with Crippen molar-refractivity contribution in [2.45, 2.75) is 32.1 Å². The van der Waals surface area contributed by atoms with Crippen molar-refractivity contribution in [2.24, 2.45) is 0 Å². The Labute approximate surface area is 176 Å². The maximum absolute atomic E-state index is 11.3. The number of nitrogens with zero attached hydrogens (tertiary/aromatic N) is 1. The molecule has 3 aromatic rings. The second kappa shape index (κ2) is 9.47. The van der Waals surface area contributed by atoms with E-state index in [9.17, 15) is 4.79 Å². The molecule has 0 spiro atoms. The fourth-order valence-electron chi connectivity index (χ4n) is 3.78. The van der Waals surface area contributed by atoms with Crippen molar-refractivity contribution in [3.63, 3.8) is 0 Å². The number of piperidine rings is 1. The van der Waals surface area contributed by atoms with Crippen LogP contribution in [0.2, 0.25) is 5.02 Å². The predicted octanol–water partition coefficient (Wildman–Crippen LogP) is 5.97. The highest BCUT2D eigenvalue weighted by Gasteiger charge is 2.15. The van der Waals surface area contributed by atoms with Crippen LogP contribution in [0.3, 0.4) is 0 Å². The Morgan fingerprint density at radius 3 is 2.59 bits per heavy atom. The summed E-state index contributed by atoms with van der Waals surface area (Å²) in [6.07, 6.45) is 6.54. The molecule has 0 radical (unpaired) electrons. The zero-order valence-corrected chi connectivity index (χ0v) is 17.3. The maximum Gasteiger partial charge on any atom is 0.138 e. The monoisotopic (exact) mass is 411 g/mol. The second-order valence-corrected chi connectivity index (χ2v) is 8.04. The summed E-state index contributed by atoms with van der Waals surface area (Å²) >= 11 is 5.98. The van der Waals surface area contributed by atoms with Gasteiger partial charge in [-0.3, -0.25) is 4.79 Å². The predicted molar refractivity (Wildman–Crippen MR) is 117 cm³/mol. The number of Topliss-reactive ketones (excluding diaryl/α,β-unsaturated/α-hetero) is 1. The molecule has 0 bridgehead atoms. The Bertz CT molecular complexity index is 954. The van der Waals surface area contributed by atoms with Crippen molar-refractivity contribution in [2.75, 3.05) is 26.2 Å². The highest BCUT2D eigenvalue weighted by Crippen LogP contribution is 2.33. The van der Waals surface area contributed by atoms with Gasteiger partial charge in [-0.25, -0.2) is 0 Å². The quantitative estimate of drug-likeness (QED) is 0.428. The van der Waals surface area contributed by atoms with Crippen molar-refractivity contribution in [1.82, 2.24) is 4.90 Å². The molecule has 1 aliphatic rings. The molecule has 2 aromatic carbocycles. The van der Waals surface area contributed by atoms with Crippen LogP contribution in [-0.2, 0) is 4.79 Å².